The molecule has 1 N–H and O–H groups in total. The van der Waals surface area contributed by atoms with Crippen LogP contribution in [0.1, 0.15) is 151 Å². The minimum absolute atomic E-state index is 0. The van der Waals surface area contributed by atoms with Crippen LogP contribution >= 0.6 is 0 Å². The Morgan fingerprint density at radius 3 is 1.58 bits per heavy atom. The molecule has 0 spiro atoms. The molecule has 9 aliphatic rings. The summed E-state index contributed by atoms with van der Waals surface area (Å²) in [5, 5.41) is 9.96. The maximum absolute atomic E-state index is 12.1. The van der Waals surface area contributed by atoms with Gasteiger partial charge in [0, 0.05) is 87.5 Å². The molecule has 9 heterocycles. The number of ether oxygens (including phenoxy) is 17. The number of hydrogen-bond donors (Lipinski definition) is 1. The van der Waals surface area contributed by atoms with Crippen LogP contribution in [0.5, 0.6) is 0 Å². The number of methoxy groups -OCH3 is 3. The van der Waals surface area contributed by atoms with Crippen molar-refractivity contribution in [2.24, 2.45) is 5.92 Å². The number of aliphatic hydroxyl groups is 1. The molecule has 0 aromatic heterocycles. The number of cyclic esters (lactones) is 4. The first kappa shape index (κ1) is 71.9. The maximum Gasteiger partial charge on any atom is 1.00 e. The van der Waals surface area contributed by atoms with Gasteiger partial charge in [0.1, 0.15) is 47.8 Å². The molecule has 0 aliphatic carbocycles. The largest absolute Gasteiger partial charge is 1.00 e. The summed E-state index contributed by atoms with van der Waals surface area (Å²) in [6.45, 7) is 29.0. The molecule has 0 radical (unpaired) electrons. The van der Waals surface area contributed by atoms with E-state index >= 15 is 0 Å². The van der Waals surface area contributed by atoms with Gasteiger partial charge < -0.3 is 87.1 Å². The number of rotatable bonds is 10. The van der Waals surface area contributed by atoms with Crippen molar-refractivity contribution in [2.45, 2.75) is 231 Å². The van der Waals surface area contributed by atoms with Crippen LogP contribution in [0.25, 0.3) is 0 Å². The van der Waals surface area contributed by atoms with Gasteiger partial charge in [-0.2, -0.15) is 0 Å². The van der Waals surface area contributed by atoms with E-state index in [4.69, 9.17) is 71.1 Å². The van der Waals surface area contributed by atoms with E-state index in [9.17, 15) is 33.9 Å². The molecule has 0 aromatic rings. The third-order valence-corrected chi connectivity index (χ3v) is 13.4. The van der Waals surface area contributed by atoms with Gasteiger partial charge in [0.25, 0.3) is 0 Å². The fourth-order valence-corrected chi connectivity index (χ4v) is 9.66. The molecule has 0 aromatic carbocycles. The van der Waals surface area contributed by atoms with Gasteiger partial charge in [-0.1, -0.05) is 0 Å². The van der Waals surface area contributed by atoms with Crippen LogP contribution in [0.2, 0.25) is 0 Å². The molecular formula is C56H93NaO24. The van der Waals surface area contributed by atoms with Crippen LogP contribution in [-0.2, 0) is 109 Å². The number of carbonyl (C=O) groups is 6. The topological polar surface area (TPSA) is 280 Å². The van der Waals surface area contributed by atoms with Gasteiger partial charge in [0.2, 0.25) is 17.3 Å². The van der Waals surface area contributed by atoms with Crippen molar-refractivity contribution in [3.05, 3.63) is 23.5 Å². The van der Waals surface area contributed by atoms with E-state index < -0.39 is 101 Å². The van der Waals surface area contributed by atoms with Crippen LogP contribution in [-0.4, -0.2) is 185 Å². The maximum atomic E-state index is 12.1. The molecule has 0 amide bonds. The van der Waals surface area contributed by atoms with E-state index in [1.54, 1.807) is 89.2 Å². The molecule has 24 nitrogen and oxygen atoms in total. The Kier molecular flexibility index (Phi) is 27.2. The summed E-state index contributed by atoms with van der Waals surface area (Å²) >= 11 is 0. The average molecular weight is 1170 g/mol. The molecular weight excluding hydrogens is 1080 g/mol. The summed E-state index contributed by atoms with van der Waals surface area (Å²) < 4.78 is 90.0. The third kappa shape index (κ3) is 22.5. The summed E-state index contributed by atoms with van der Waals surface area (Å²) in [5.74, 6) is -6.91. The number of carbonyl (C=O) groups excluding carboxylic acids is 6. The standard InChI is InChI=1S/C15H24O7.C12H18O6.C11H18O5.C10H14O4.2C4H8O.Na.H2.H/c1-13(2)17-7-8(18-13)9-10(20-14(3,4)19-9)11-12(16)22-15(5,6)21-11;1-11(2)15-6-9(17-11)7(13)5-8-10(14)18-12(3,4)16-8;1-7(10(13)15-4)9(14-3)11(2)6-5-8(12)16-11;1-7(9(12)13-3)6-10(2)5-4-8(11)14-10;2*1-2-4-5-3-1;;;/h8-11H,7H2,1-6H3;5,7,9,13H,6H2,1-4H3;7,9H,5-6H2,1-4H3;6H,4-5H2,1-3H3;2*1-4H2;;1H;/q;;;;;;+1;;-1/b;8-5-;;7-6+;;;;;/i;;;;;;;1+1;. The van der Waals surface area contributed by atoms with E-state index in [1.165, 1.54) is 53.1 Å². The molecule has 9 fully saturated rings. The fourth-order valence-electron chi connectivity index (χ4n) is 9.66. The zero-order valence-corrected chi connectivity index (χ0v) is 53.0. The van der Waals surface area contributed by atoms with E-state index in [0.29, 0.717) is 37.9 Å². The Labute approximate surface area is 501 Å². The molecule has 81 heavy (non-hydrogen) atoms. The first-order valence-corrected chi connectivity index (χ1v) is 27.3. The molecule has 0 saturated carbocycles. The molecule has 9 aliphatic heterocycles. The summed E-state index contributed by atoms with van der Waals surface area (Å²) in [5.41, 5.74) is -0.917. The second-order valence-electron chi connectivity index (χ2n) is 23.1. The Morgan fingerprint density at radius 1 is 0.642 bits per heavy atom. The smallest absolute Gasteiger partial charge is 1.00 e. The summed E-state index contributed by atoms with van der Waals surface area (Å²) in [6, 6.07) is 0. The van der Waals surface area contributed by atoms with Gasteiger partial charge >= 0.3 is 65.4 Å². The van der Waals surface area contributed by atoms with Gasteiger partial charge in [0.05, 0.1) is 33.4 Å². The Hall–Kier alpha value is -3.34. The van der Waals surface area contributed by atoms with Crippen molar-refractivity contribution in [1.82, 2.24) is 0 Å². The summed E-state index contributed by atoms with van der Waals surface area (Å²) in [7, 11) is 4.15. The monoisotopic (exact) mass is 1170 g/mol. The SMILES string of the molecule is C1CCOC1.C1CCOC1.CC1(C)OC(=O)/C(=C/C(O)C2COC(C)(C)O2)O1.CC1(C)OCC(C2OC(C)(C)OC2C2OC(C)(C)OC2=O)O1.COC(=O)/C(C)=C/C1(C)CCC(=O)O1.COC(=O)C(C)C(OC)C1(C)CCC(=O)O1.[2HH].[H-].[Na+]. The van der Waals surface area contributed by atoms with Crippen molar-refractivity contribution < 1.29 is 147 Å². The van der Waals surface area contributed by atoms with Crippen LogP contribution < -0.4 is 29.6 Å². The predicted octanol–water partition coefficient (Wildman–Crippen LogP) is 3.09. The second kappa shape index (κ2) is 30.6. The zero-order valence-electron chi connectivity index (χ0n) is 52.0. The van der Waals surface area contributed by atoms with Crippen LogP contribution in [0.15, 0.2) is 23.5 Å². The summed E-state index contributed by atoms with van der Waals surface area (Å²) in [4.78, 5) is 68.2. The van der Waals surface area contributed by atoms with Crippen molar-refractivity contribution in [3.8, 4) is 0 Å². The Morgan fingerprint density at radius 2 is 1.19 bits per heavy atom. The number of aliphatic hydroxyl groups excluding tert-OH is 1. The number of esters is 6. The molecule has 10 unspecified atom stereocenters. The Bertz CT molecular complexity index is 2150. The van der Waals surface area contributed by atoms with Crippen molar-refractivity contribution in [1.29, 1.82) is 0 Å². The molecule has 0 bridgehead atoms. The quantitative estimate of drug-likeness (QED) is 0.142. The normalized spacial score (nSPS) is 32.2. The summed E-state index contributed by atoms with van der Waals surface area (Å²) in [6.07, 6.45) is 5.77. The van der Waals surface area contributed by atoms with Gasteiger partial charge in [-0.3, -0.25) is 14.4 Å². The predicted molar refractivity (Wildman–Crippen MR) is 283 cm³/mol. The zero-order chi connectivity index (χ0) is 60.1. The number of hydrogen-bond acceptors (Lipinski definition) is 24. The van der Waals surface area contributed by atoms with E-state index in [0.717, 1.165) is 26.4 Å². The van der Waals surface area contributed by atoms with Crippen molar-refractivity contribution in [3.63, 3.8) is 0 Å². The minimum atomic E-state index is -0.991. The second-order valence-corrected chi connectivity index (χ2v) is 23.1. The van der Waals surface area contributed by atoms with Gasteiger partial charge in [0.15, 0.2) is 23.5 Å². The first-order valence-electron chi connectivity index (χ1n) is 27.3. The van der Waals surface area contributed by atoms with E-state index in [2.05, 4.69) is 9.47 Å². The van der Waals surface area contributed by atoms with Crippen LogP contribution in [0.3, 0.4) is 0 Å². The van der Waals surface area contributed by atoms with E-state index in [1.807, 2.05) is 13.8 Å². The van der Waals surface area contributed by atoms with E-state index in [-0.39, 0.29) is 68.8 Å². The van der Waals surface area contributed by atoms with Crippen LogP contribution in [0.4, 0.5) is 0 Å². The third-order valence-electron chi connectivity index (χ3n) is 13.4. The van der Waals surface area contributed by atoms with Crippen molar-refractivity contribution >= 4 is 35.8 Å². The fraction of sp³-hybridized carbons (Fsp3) is 0.821. The Balaban J connectivity index is 0.000000521. The van der Waals surface area contributed by atoms with Gasteiger partial charge in [-0.05, 0) is 113 Å². The minimum Gasteiger partial charge on any atom is -1.00 e. The molecule has 9 saturated heterocycles. The molecule has 462 valence electrons. The average Bonchev–Trinajstić information content (AvgIpc) is 4.39. The molecule has 10 atom stereocenters. The molecule has 25 heteroatoms. The first-order chi connectivity index (χ1) is 37.1. The molecule has 9 rings (SSSR count). The van der Waals surface area contributed by atoms with Gasteiger partial charge in [-0.25, -0.2) is 14.4 Å². The van der Waals surface area contributed by atoms with Crippen molar-refractivity contribution in [2.75, 3.05) is 61.0 Å². The van der Waals surface area contributed by atoms with Crippen LogP contribution in [0, 0.1) is 5.92 Å². The van der Waals surface area contributed by atoms with Gasteiger partial charge in [-0.15, -0.1) is 0 Å².